The number of nitrogens with zero attached hydrogens (tertiary/aromatic N) is 2. The maximum Gasteiger partial charge on any atom is 0.117 e. The Kier molecular flexibility index (Phi) is 5.59. The van der Waals surface area contributed by atoms with Gasteiger partial charge in [-0.05, 0) is 43.3 Å². The van der Waals surface area contributed by atoms with Crippen molar-refractivity contribution in [3.05, 3.63) is 54.2 Å². The molecular formula is C15H21N3O. The highest BCUT2D eigenvalue weighted by Crippen LogP contribution is 1.99. The minimum atomic E-state index is 0.797. The molecule has 0 saturated carbocycles. The van der Waals surface area contributed by atoms with Crippen LogP contribution in [0.4, 0.5) is 0 Å². The first-order valence-corrected chi connectivity index (χ1v) is 6.65. The molecule has 19 heavy (non-hydrogen) atoms. The number of aromatic nitrogens is 1. The smallest absolute Gasteiger partial charge is 0.117 e. The van der Waals surface area contributed by atoms with E-state index in [-0.39, 0.29) is 0 Å². The molecule has 2 heterocycles. The Labute approximate surface area is 114 Å². The predicted molar refractivity (Wildman–Crippen MR) is 75.9 cm³/mol. The lowest BCUT2D eigenvalue weighted by atomic mass is 10.2. The topological polar surface area (TPSA) is 41.3 Å². The van der Waals surface area contributed by atoms with E-state index in [9.17, 15) is 0 Å². The second-order valence-electron chi connectivity index (χ2n) is 4.66. The molecule has 2 rings (SSSR count). The summed E-state index contributed by atoms with van der Waals surface area (Å²) in [5.41, 5.74) is 1.34. The van der Waals surface area contributed by atoms with Crippen molar-refractivity contribution >= 4 is 0 Å². The summed E-state index contributed by atoms with van der Waals surface area (Å²) in [5, 5.41) is 3.37. The van der Waals surface area contributed by atoms with E-state index in [2.05, 4.69) is 34.4 Å². The first kappa shape index (κ1) is 13.8. The largest absolute Gasteiger partial charge is 0.468 e. The first-order valence-electron chi connectivity index (χ1n) is 6.65. The minimum absolute atomic E-state index is 0.797. The minimum Gasteiger partial charge on any atom is -0.468 e. The molecule has 0 spiro atoms. The zero-order valence-electron chi connectivity index (χ0n) is 11.4. The van der Waals surface area contributed by atoms with Crippen LogP contribution in [0.15, 0.2) is 47.3 Å². The molecule has 0 bridgehead atoms. The van der Waals surface area contributed by atoms with Crippen molar-refractivity contribution < 1.29 is 4.42 Å². The molecular weight excluding hydrogens is 238 g/mol. The summed E-state index contributed by atoms with van der Waals surface area (Å²) < 4.78 is 5.26. The lowest BCUT2D eigenvalue weighted by molar-refractivity contribution is 0.332. The maximum atomic E-state index is 5.26. The Morgan fingerprint density at radius 2 is 2.05 bits per heavy atom. The van der Waals surface area contributed by atoms with Gasteiger partial charge < -0.3 is 14.6 Å². The lowest BCUT2D eigenvalue weighted by Crippen LogP contribution is -2.30. The van der Waals surface area contributed by atoms with Crippen molar-refractivity contribution in [1.82, 2.24) is 15.2 Å². The summed E-state index contributed by atoms with van der Waals surface area (Å²) in [6.45, 7) is 3.86. The van der Waals surface area contributed by atoms with Gasteiger partial charge in [0.1, 0.15) is 5.76 Å². The number of likely N-dealkylation sites (N-methyl/N-ethyl adjacent to an activating group) is 1. The van der Waals surface area contributed by atoms with Gasteiger partial charge in [0, 0.05) is 32.0 Å². The number of rotatable bonds is 8. The third kappa shape index (κ3) is 5.24. The number of furan rings is 1. The van der Waals surface area contributed by atoms with Crippen molar-refractivity contribution in [3.8, 4) is 0 Å². The summed E-state index contributed by atoms with van der Waals surface area (Å²) >= 11 is 0. The van der Waals surface area contributed by atoms with E-state index in [1.54, 1.807) is 6.26 Å². The predicted octanol–water partition coefficient (Wildman–Crippen LogP) is 1.94. The highest BCUT2D eigenvalue weighted by atomic mass is 16.3. The van der Waals surface area contributed by atoms with Crippen LogP contribution in [0.5, 0.6) is 0 Å². The van der Waals surface area contributed by atoms with Gasteiger partial charge in [-0.3, -0.25) is 4.98 Å². The van der Waals surface area contributed by atoms with Crippen molar-refractivity contribution in [2.45, 2.75) is 13.0 Å². The normalized spacial score (nSPS) is 11.1. The van der Waals surface area contributed by atoms with Gasteiger partial charge in [-0.15, -0.1) is 0 Å². The summed E-state index contributed by atoms with van der Waals surface area (Å²) in [4.78, 5) is 6.35. The van der Waals surface area contributed by atoms with Crippen LogP contribution in [-0.4, -0.2) is 36.6 Å². The van der Waals surface area contributed by atoms with Gasteiger partial charge in [-0.2, -0.15) is 0 Å². The summed E-state index contributed by atoms with van der Waals surface area (Å²) in [7, 11) is 2.15. The summed E-state index contributed by atoms with van der Waals surface area (Å²) in [5.74, 6) is 0.986. The zero-order valence-corrected chi connectivity index (χ0v) is 11.4. The molecule has 102 valence electrons. The van der Waals surface area contributed by atoms with Gasteiger partial charge in [0.25, 0.3) is 0 Å². The molecule has 0 aliphatic carbocycles. The average molecular weight is 259 g/mol. The summed E-state index contributed by atoms with van der Waals surface area (Å²) in [6.07, 6.45) is 6.47. The van der Waals surface area contributed by atoms with Crippen LogP contribution >= 0.6 is 0 Å². The molecule has 4 nitrogen and oxygen atoms in total. The molecule has 1 N–H and O–H groups in total. The molecule has 4 heteroatoms. The quantitative estimate of drug-likeness (QED) is 0.736. The molecule has 0 aliphatic rings. The van der Waals surface area contributed by atoms with Crippen LogP contribution in [0, 0.1) is 0 Å². The Morgan fingerprint density at radius 3 is 2.79 bits per heavy atom. The molecule has 0 unspecified atom stereocenters. The second kappa shape index (κ2) is 7.71. The Morgan fingerprint density at radius 1 is 1.21 bits per heavy atom. The number of pyridine rings is 1. The van der Waals surface area contributed by atoms with E-state index in [0.717, 1.165) is 38.4 Å². The van der Waals surface area contributed by atoms with Gasteiger partial charge >= 0.3 is 0 Å². The van der Waals surface area contributed by atoms with E-state index in [1.807, 2.05) is 24.5 Å². The van der Waals surface area contributed by atoms with Crippen LogP contribution < -0.4 is 5.32 Å². The van der Waals surface area contributed by atoms with Gasteiger partial charge in [0.2, 0.25) is 0 Å². The van der Waals surface area contributed by atoms with E-state index < -0.39 is 0 Å². The Hall–Kier alpha value is -1.65. The number of hydrogen-bond donors (Lipinski definition) is 1. The van der Waals surface area contributed by atoms with Gasteiger partial charge in [0.15, 0.2) is 0 Å². The fourth-order valence-corrected chi connectivity index (χ4v) is 1.88. The first-order chi connectivity index (χ1) is 9.34. The third-order valence-electron chi connectivity index (χ3n) is 3.08. The van der Waals surface area contributed by atoms with E-state index in [0.29, 0.717) is 0 Å². The SMILES string of the molecule is CN(CCNCc1ccco1)CCc1ccncc1. The zero-order chi connectivity index (χ0) is 13.3. The molecule has 2 aromatic rings. The molecule has 0 radical (unpaired) electrons. The van der Waals surface area contributed by atoms with Crippen molar-refractivity contribution in [1.29, 1.82) is 0 Å². The molecule has 0 saturated heterocycles. The van der Waals surface area contributed by atoms with Crippen molar-refractivity contribution in [2.75, 3.05) is 26.7 Å². The van der Waals surface area contributed by atoms with Gasteiger partial charge in [0.05, 0.1) is 12.8 Å². The molecule has 0 atom stereocenters. The van der Waals surface area contributed by atoms with Crippen LogP contribution in [0.1, 0.15) is 11.3 Å². The van der Waals surface area contributed by atoms with E-state index in [1.165, 1.54) is 5.56 Å². The van der Waals surface area contributed by atoms with Crippen molar-refractivity contribution in [3.63, 3.8) is 0 Å². The standard InChI is InChI=1S/C15H21N3O/c1-18(10-6-14-4-7-16-8-5-14)11-9-17-13-15-3-2-12-19-15/h2-5,7-8,12,17H,6,9-11,13H2,1H3. The number of hydrogen-bond acceptors (Lipinski definition) is 4. The van der Waals surface area contributed by atoms with E-state index in [4.69, 9.17) is 4.42 Å². The molecule has 2 aromatic heterocycles. The summed E-state index contributed by atoms with van der Waals surface area (Å²) in [6, 6.07) is 8.05. The second-order valence-corrected chi connectivity index (χ2v) is 4.66. The van der Waals surface area contributed by atoms with Crippen LogP contribution in [-0.2, 0) is 13.0 Å². The highest BCUT2D eigenvalue weighted by molar-refractivity contribution is 5.09. The van der Waals surface area contributed by atoms with E-state index >= 15 is 0 Å². The average Bonchev–Trinajstić information content (AvgIpc) is 2.96. The van der Waals surface area contributed by atoms with Crippen LogP contribution in [0.3, 0.4) is 0 Å². The third-order valence-corrected chi connectivity index (χ3v) is 3.08. The Bertz CT molecular complexity index is 442. The molecule has 0 fully saturated rings. The molecule has 0 amide bonds. The molecule has 0 aliphatic heterocycles. The highest BCUT2D eigenvalue weighted by Gasteiger charge is 2.00. The van der Waals surface area contributed by atoms with Crippen LogP contribution in [0.2, 0.25) is 0 Å². The van der Waals surface area contributed by atoms with Gasteiger partial charge in [-0.1, -0.05) is 0 Å². The van der Waals surface area contributed by atoms with Crippen molar-refractivity contribution in [2.24, 2.45) is 0 Å². The molecule has 0 aromatic carbocycles. The number of nitrogens with one attached hydrogen (secondary N) is 1. The lowest BCUT2D eigenvalue weighted by Gasteiger charge is -2.16. The van der Waals surface area contributed by atoms with Gasteiger partial charge in [-0.25, -0.2) is 0 Å². The maximum absolute atomic E-state index is 5.26. The fourth-order valence-electron chi connectivity index (χ4n) is 1.88. The Balaban J connectivity index is 1.56. The monoisotopic (exact) mass is 259 g/mol. The van der Waals surface area contributed by atoms with Crippen LogP contribution in [0.25, 0.3) is 0 Å². The fraction of sp³-hybridized carbons (Fsp3) is 0.400.